The Bertz CT molecular complexity index is 3470. The lowest BCUT2D eigenvalue weighted by Gasteiger charge is -2.26. The first-order chi connectivity index (χ1) is 27.7. The third kappa shape index (κ3) is 4.66. The van der Waals surface area contributed by atoms with E-state index in [9.17, 15) is 0 Å². The highest BCUT2D eigenvalue weighted by atomic mass is 16.3. The summed E-state index contributed by atoms with van der Waals surface area (Å²) in [5, 5.41) is 8.96. The van der Waals surface area contributed by atoms with Gasteiger partial charge in [0.25, 0.3) is 0 Å². The summed E-state index contributed by atoms with van der Waals surface area (Å²) in [6.07, 6.45) is 0. The van der Waals surface area contributed by atoms with Crippen molar-refractivity contribution in [3.05, 3.63) is 188 Å². The van der Waals surface area contributed by atoms with Crippen LogP contribution in [0.2, 0.25) is 0 Å². The van der Waals surface area contributed by atoms with Gasteiger partial charge in [0, 0.05) is 49.3 Å². The zero-order chi connectivity index (χ0) is 36.7. The summed E-state index contributed by atoms with van der Waals surface area (Å²) < 4.78 is 19.3. The van der Waals surface area contributed by atoms with Crippen molar-refractivity contribution in [2.24, 2.45) is 0 Å². The minimum atomic E-state index is 0.852. The lowest BCUT2D eigenvalue weighted by Crippen LogP contribution is -2.10. The third-order valence-corrected chi connectivity index (χ3v) is 11.3. The molecule has 0 aliphatic carbocycles. The maximum absolute atomic E-state index is 6.71. The molecule has 0 aliphatic rings. The van der Waals surface area contributed by atoms with Crippen LogP contribution < -0.4 is 4.90 Å². The Morgan fingerprint density at radius 3 is 1.71 bits per heavy atom. The van der Waals surface area contributed by atoms with Gasteiger partial charge in [0.05, 0.1) is 11.1 Å². The SMILES string of the molecule is c1ccc2c(c1)ccc1c3cccc(-c4ccc(N(c5ccc(-c6ccc7c(c6)oc6ccccc67)cc5)c5cccc6oc7ccccc7c56)cc4)c3oc21. The van der Waals surface area contributed by atoms with Crippen LogP contribution in [0, 0.1) is 0 Å². The number of nitrogens with zero attached hydrogens (tertiary/aromatic N) is 1. The number of hydrogen-bond donors (Lipinski definition) is 0. The highest BCUT2D eigenvalue weighted by molar-refractivity contribution is 6.17. The largest absolute Gasteiger partial charge is 0.456 e. The minimum absolute atomic E-state index is 0.852. The molecule has 9 aromatic carbocycles. The van der Waals surface area contributed by atoms with Gasteiger partial charge in [-0.25, -0.2) is 0 Å². The van der Waals surface area contributed by atoms with Crippen molar-refractivity contribution in [2.75, 3.05) is 4.90 Å². The summed E-state index contributed by atoms with van der Waals surface area (Å²) in [5.41, 5.74) is 12.8. The molecule has 0 amide bonds. The van der Waals surface area contributed by atoms with Crippen molar-refractivity contribution in [2.45, 2.75) is 0 Å². The maximum atomic E-state index is 6.71. The fraction of sp³-hybridized carbons (Fsp3) is 0. The maximum Gasteiger partial charge on any atom is 0.143 e. The van der Waals surface area contributed by atoms with Gasteiger partial charge in [0.15, 0.2) is 0 Å². The van der Waals surface area contributed by atoms with Crippen LogP contribution in [0.1, 0.15) is 0 Å². The Labute approximate surface area is 321 Å². The molecule has 3 aromatic heterocycles. The quantitative estimate of drug-likeness (QED) is 0.178. The molecule has 0 spiro atoms. The van der Waals surface area contributed by atoms with E-state index in [0.717, 1.165) is 111 Å². The second-order valence-corrected chi connectivity index (χ2v) is 14.4. The van der Waals surface area contributed by atoms with E-state index < -0.39 is 0 Å². The average Bonchev–Trinajstić information content (AvgIpc) is 3.96. The Balaban J connectivity index is 0.988. The Morgan fingerprint density at radius 1 is 0.321 bits per heavy atom. The van der Waals surface area contributed by atoms with E-state index in [-0.39, 0.29) is 0 Å². The molecule has 0 N–H and O–H groups in total. The summed E-state index contributed by atoms with van der Waals surface area (Å²) in [7, 11) is 0. The van der Waals surface area contributed by atoms with Gasteiger partial charge < -0.3 is 18.2 Å². The molecule has 3 heterocycles. The van der Waals surface area contributed by atoms with E-state index in [4.69, 9.17) is 13.3 Å². The topological polar surface area (TPSA) is 42.7 Å². The van der Waals surface area contributed by atoms with E-state index in [1.807, 2.05) is 24.3 Å². The first-order valence-electron chi connectivity index (χ1n) is 18.9. The van der Waals surface area contributed by atoms with Gasteiger partial charge in [-0.3, -0.25) is 0 Å². The molecule has 0 atom stereocenters. The number of rotatable bonds is 5. The molecule has 0 fully saturated rings. The lowest BCUT2D eigenvalue weighted by atomic mass is 10.0. The Morgan fingerprint density at radius 2 is 0.893 bits per heavy atom. The first kappa shape index (κ1) is 30.9. The summed E-state index contributed by atoms with van der Waals surface area (Å²) >= 11 is 0. The molecule has 4 heteroatoms. The van der Waals surface area contributed by atoms with Crippen LogP contribution in [-0.4, -0.2) is 0 Å². The number of hydrogen-bond acceptors (Lipinski definition) is 4. The molecule has 262 valence electrons. The van der Waals surface area contributed by atoms with Crippen molar-refractivity contribution < 1.29 is 13.3 Å². The van der Waals surface area contributed by atoms with Crippen LogP contribution in [0.3, 0.4) is 0 Å². The highest BCUT2D eigenvalue weighted by Crippen LogP contribution is 2.45. The number of furan rings is 3. The van der Waals surface area contributed by atoms with Crippen LogP contribution in [0.25, 0.3) is 98.8 Å². The van der Waals surface area contributed by atoms with E-state index in [1.165, 1.54) is 5.39 Å². The van der Waals surface area contributed by atoms with Gasteiger partial charge in [-0.2, -0.15) is 0 Å². The van der Waals surface area contributed by atoms with Crippen LogP contribution in [0.15, 0.2) is 201 Å². The molecule has 0 aliphatic heterocycles. The molecule has 4 nitrogen and oxygen atoms in total. The molecular weight excluding hydrogens is 687 g/mol. The second-order valence-electron chi connectivity index (χ2n) is 14.4. The molecule has 56 heavy (non-hydrogen) atoms. The van der Waals surface area contributed by atoms with E-state index >= 15 is 0 Å². The summed E-state index contributed by atoms with van der Waals surface area (Å²) in [6.45, 7) is 0. The number of para-hydroxylation sites is 3. The minimum Gasteiger partial charge on any atom is -0.456 e. The molecule has 12 rings (SSSR count). The number of anilines is 3. The van der Waals surface area contributed by atoms with Gasteiger partial charge >= 0.3 is 0 Å². The zero-order valence-corrected chi connectivity index (χ0v) is 30.1. The van der Waals surface area contributed by atoms with E-state index in [0.29, 0.717) is 0 Å². The van der Waals surface area contributed by atoms with E-state index in [2.05, 4.69) is 169 Å². The molecule has 0 radical (unpaired) electrons. The molecule has 0 saturated carbocycles. The van der Waals surface area contributed by atoms with Crippen LogP contribution in [0.4, 0.5) is 17.1 Å². The average molecular weight is 718 g/mol. The van der Waals surface area contributed by atoms with Gasteiger partial charge in [-0.1, -0.05) is 121 Å². The number of benzene rings is 9. The van der Waals surface area contributed by atoms with Crippen molar-refractivity contribution in [1.82, 2.24) is 0 Å². The predicted molar refractivity (Wildman–Crippen MR) is 231 cm³/mol. The summed E-state index contributed by atoms with van der Waals surface area (Å²) in [4.78, 5) is 2.33. The van der Waals surface area contributed by atoms with Gasteiger partial charge in [-0.05, 0) is 88.8 Å². The third-order valence-electron chi connectivity index (χ3n) is 11.3. The molecule has 12 aromatic rings. The van der Waals surface area contributed by atoms with Crippen LogP contribution in [0.5, 0.6) is 0 Å². The Kier molecular flexibility index (Phi) is 6.60. The number of fused-ring (bicyclic) bond motifs is 11. The van der Waals surface area contributed by atoms with E-state index in [1.54, 1.807) is 0 Å². The monoisotopic (exact) mass is 717 g/mol. The molecule has 0 saturated heterocycles. The second kappa shape index (κ2) is 12.0. The van der Waals surface area contributed by atoms with Crippen LogP contribution in [-0.2, 0) is 0 Å². The fourth-order valence-corrected chi connectivity index (χ4v) is 8.62. The highest BCUT2D eigenvalue weighted by Gasteiger charge is 2.21. The van der Waals surface area contributed by atoms with Gasteiger partial charge in [0.2, 0.25) is 0 Å². The smallest absolute Gasteiger partial charge is 0.143 e. The summed E-state index contributed by atoms with van der Waals surface area (Å²) in [5.74, 6) is 0. The van der Waals surface area contributed by atoms with Crippen molar-refractivity contribution >= 4 is 93.7 Å². The lowest BCUT2D eigenvalue weighted by molar-refractivity contribution is 0.668. The normalized spacial score (nSPS) is 11.9. The summed E-state index contributed by atoms with van der Waals surface area (Å²) in [6, 6.07) is 66.1. The first-order valence-corrected chi connectivity index (χ1v) is 18.9. The van der Waals surface area contributed by atoms with Crippen LogP contribution >= 0.6 is 0 Å². The van der Waals surface area contributed by atoms with Gasteiger partial charge in [-0.15, -0.1) is 0 Å². The Hall–Kier alpha value is -7.56. The van der Waals surface area contributed by atoms with Gasteiger partial charge in [0.1, 0.15) is 33.5 Å². The van der Waals surface area contributed by atoms with Crippen molar-refractivity contribution in [3.8, 4) is 22.3 Å². The molecular formula is C52H31NO3. The molecule has 0 bridgehead atoms. The predicted octanol–water partition coefficient (Wildman–Crippen LogP) is 15.3. The molecule has 0 unspecified atom stereocenters. The fourth-order valence-electron chi connectivity index (χ4n) is 8.62. The zero-order valence-electron chi connectivity index (χ0n) is 30.1. The van der Waals surface area contributed by atoms with Crippen molar-refractivity contribution in [3.63, 3.8) is 0 Å². The van der Waals surface area contributed by atoms with Crippen molar-refractivity contribution in [1.29, 1.82) is 0 Å². The standard InChI is InChI=1S/C52H31NO3/c1-2-10-38-33(9-1)23-30-43-42-14-7-13-39(51(42)56-52(38)43)34-21-27-37(28-22-34)53(45-15-8-18-48-50(45)44-12-4-6-17-47(44)54-48)36-25-19-32(20-26-36)35-24-29-41-40-11-3-5-16-46(40)55-49(41)31-35/h1-31H.